The first-order chi connectivity index (χ1) is 10.2. The molecule has 3 rings (SSSR count). The van der Waals surface area contributed by atoms with Crippen LogP contribution in [-0.2, 0) is 0 Å². The fraction of sp³-hybridized carbons (Fsp3) is 0.368. The van der Waals surface area contributed by atoms with E-state index in [-0.39, 0.29) is 11.5 Å². The molecule has 3 N–H and O–H groups in total. The van der Waals surface area contributed by atoms with Crippen LogP contribution in [0.25, 0.3) is 11.1 Å². The molecule has 1 unspecified atom stereocenters. The van der Waals surface area contributed by atoms with Gasteiger partial charge in [0.05, 0.1) is 6.04 Å². The van der Waals surface area contributed by atoms with Crippen LogP contribution < -0.4 is 11.3 Å². The van der Waals surface area contributed by atoms with E-state index in [1.165, 1.54) is 42.4 Å². The monoisotopic (exact) mass is 280 g/mol. The summed E-state index contributed by atoms with van der Waals surface area (Å²) in [6, 6.07) is 19.6. The highest BCUT2D eigenvalue weighted by Gasteiger charge is 2.37. The van der Waals surface area contributed by atoms with E-state index in [0.29, 0.717) is 0 Å². The van der Waals surface area contributed by atoms with Gasteiger partial charge in [0.1, 0.15) is 0 Å². The molecule has 2 heteroatoms. The molecule has 21 heavy (non-hydrogen) atoms. The Labute approximate surface area is 127 Å². The number of hydrogen-bond acceptors (Lipinski definition) is 2. The summed E-state index contributed by atoms with van der Waals surface area (Å²) in [5.41, 5.74) is 7.15. The van der Waals surface area contributed by atoms with Gasteiger partial charge in [0.15, 0.2) is 0 Å². The molecule has 1 saturated carbocycles. The first-order valence-corrected chi connectivity index (χ1v) is 7.84. The molecule has 0 aliphatic heterocycles. The molecule has 2 nitrogen and oxygen atoms in total. The number of hydrogen-bond donors (Lipinski definition) is 2. The predicted octanol–water partition coefficient (Wildman–Crippen LogP) is 4.44. The quantitative estimate of drug-likeness (QED) is 0.642. The molecule has 1 aliphatic rings. The zero-order valence-electron chi connectivity index (χ0n) is 12.7. The molecule has 1 aliphatic carbocycles. The van der Waals surface area contributed by atoms with Crippen LogP contribution in [0.5, 0.6) is 0 Å². The third-order valence-corrected chi connectivity index (χ3v) is 4.96. The van der Waals surface area contributed by atoms with Crippen molar-refractivity contribution in [3.05, 3.63) is 60.2 Å². The maximum absolute atomic E-state index is 5.87. The highest BCUT2D eigenvalue weighted by atomic mass is 15.2. The smallest absolute Gasteiger partial charge is 0.0513 e. The average Bonchev–Trinajstić information content (AvgIpc) is 2.97. The van der Waals surface area contributed by atoms with Gasteiger partial charge in [0.25, 0.3) is 0 Å². The van der Waals surface area contributed by atoms with E-state index in [4.69, 9.17) is 5.84 Å². The second kappa shape index (κ2) is 6.00. The number of nitrogens with one attached hydrogen (secondary N) is 1. The average molecular weight is 280 g/mol. The summed E-state index contributed by atoms with van der Waals surface area (Å²) in [5.74, 6) is 5.87. The number of benzene rings is 2. The Morgan fingerprint density at radius 1 is 0.905 bits per heavy atom. The summed E-state index contributed by atoms with van der Waals surface area (Å²) < 4.78 is 0. The van der Waals surface area contributed by atoms with Crippen molar-refractivity contribution in [3.63, 3.8) is 0 Å². The normalized spacial score (nSPS) is 18.6. The minimum absolute atomic E-state index is 0.241. The molecule has 2 aromatic carbocycles. The minimum atomic E-state index is 0.241. The van der Waals surface area contributed by atoms with E-state index in [1.54, 1.807) is 0 Å². The van der Waals surface area contributed by atoms with E-state index in [0.717, 1.165) is 0 Å². The van der Waals surface area contributed by atoms with Crippen LogP contribution in [-0.4, -0.2) is 0 Å². The first kappa shape index (κ1) is 14.3. The summed E-state index contributed by atoms with van der Waals surface area (Å²) in [5, 5.41) is 0. The van der Waals surface area contributed by atoms with Crippen molar-refractivity contribution >= 4 is 0 Å². The first-order valence-electron chi connectivity index (χ1n) is 7.84. The summed E-state index contributed by atoms with van der Waals surface area (Å²) in [7, 11) is 0. The van der Waals surface area contributed by atoms with Gasteiger partial charge in [-0.05, 0) is 34.9 Å². The fourth-order valence-electron chi connectivity index (χ4n) is 3.67. The third-order valence-electron chi connectivity index (χ3n) is 4.96. The zero-order valence-corrected chi connectivity index (χ0v) is 12.7. The van der Waals surface area contributed by atoms with Gasteiger partial charge >= 0.3 is 0 Å². The third kappa shape index (κ3) is 2.87. The molecule has 2 aromatic rings. The van der Waals surface area contributed by atoms with Gasteiger partial charge in [-0.15, -0.1) is 0 Å². The van der Waals surface area contributed by atoms with Crippen LogP contribution in [0.4, 0.5) is 0 Å². The molecule has 0 amide bonds. The standard InChI is InChI=1S/C19H24N2/c1-19(13-5-6-14-19)18(21-20)17-11-9-16(10-12-17)15-7-3-2-4-8-15/h2-4,7-12,18,21H,5-6,13-14,20H2,1H3. The highest BCUT2D eigenvalue weighted by molar-refractivity contribution is 5.63. The zero-order chi connectivity index (χ0) is 14.7. The molecule has 0 aromatic heterocycles. The highest BCUT2D eigenvalue weighted by Crippen LogP contribution is 2.46. The van der Waals surface area contributed by atoms with Gasteiger partial charge in [-0.1, -0.05) is 74.4 Å². The van der Waals surface area contributed by atoms with Crippen LogP contribution in [0.2, 0.25) is 0 Å². The Hall–Kier alpha value is -1.64. The Balaban J connectivity index is 1.86. The van der Waals surface area contributed by atoms with E-state index >= 15 is 0 Å². The molecule has 1 atom stereocenters. The maximum Gasteiger partial charge on any atom is 0.0513 e. The van der Waals surface area contributed by atoms with Crippen molar-refractivity contribution in [2.75, 3.05) is 0 Å². The summed E-state index contributed by atoms with van der Waals surface area (Å²) in [4.78, 5) is 0. The molecule has 0 bridgehead atoms. The Bertz CT molecular complexity index is 568. The van der Waals surface area contributed by atoms with Crippen LogP contribution in [0.15, 0.2) is 54.6 Å². The number of rotatable bonds is 4. The largest absolute Gasteiger partial charge is 0.271 e. The predicted molar refractivity (Wildman–Crippen MR) is 88.5 cm³/mol. The van der Waals surface area contributed by atoms with Crippen LogP contribution >= 0.6 is 0 Å². The number of hydrazine groups is 1. The van der Waals surface area contributed by atoms with Crippen molar-refractivity contribution in [1.29, 1.82) is 0 Å². The van der Waals surface area contributed by atoms with Crippen molar-refractivity contribution in [3.8, 4) is 11.1 Å². The van der Waals surface area contributed by atoms with Gasteiger partial charge in [0.2, 0.25) is 0 Å². The molecule has 110 valence electrons. The second-order valence-corrected chi connectivity index (χ2v) is 6.45. The SMILES string of the molecule is CC1(C(NN)c2ccc(-c3ccccc3)cc2)CCCC1. The molecule has 0 radical (unpaired) electrons. The van der Waals surface area contributed by atoms with Crippen molar-refractivity contribution in [2.24, 2.45) is 11.3 Å². The van der Waals surface area contributed by atoms with Gasteiger partial charge in [-0.3, -0.25) is 11.3 Å². The number of nitrogens with two attached hydrogens (primary N) is 1. The van der Waals surface area contributed by atoms with Crippen LogP contribution in [0.3, 0.4) is 0 Å². The fourth-order valence-corrected chi connectivity index (χ4v) is 3.67. The van der Waals surface area contributed by atoms with E-state index in [2.05, 4.69) is 60.9 Å². The van der Waals surface area contributed by atoms with E-state index in [1.807, 2.05) is 6.07 Å². The minimum Gasteiger partial charge on any atom is -0.271 e. The Kier molecular flexibility index (Phi) is 4.09. The van der Waals surface area contributed by atoms with Gasteiger partial charge < -0.3 is 0 Å². The van der Waals surface area contributed by atoms with Crippen molar-refractivity contribution in [1.82, 2.24) is 5.43 Å². The lowest BCUT2D eigenvalue weighted by Gasteiger charge is -2.34. The lowest BCUT2D eigenvalue weighted by atomic mass is 9.77. The molecular weight excluding hydrogens is 256 g/mol. The van der Waals surface area contributed by atoms with Crippen LogP contribution in [0.1, 0.15) is 44.2 Å². The summed E-state index contributed by atoms with van der Waals surface area (Å²) in [6.45, 7) is 2.36. The van der Waals surface area contributed by atoms with Gasteiger partial charge in [-0.2, -0.15) is 0 Å². The maximum atomic E-state index is 5.87. The Morgan fingerprint density at radius 3 is 2.05 bits per heavy atom. The second-order valence-electron chi connectivity index (χ2n) is 6.45. The topological polar surface area (TPSA) is 38.0 Å². The van der Waals surface area contributed by atoms with Gasteiger partial charge in [-0.25, -0.2) is 0 Å². The summed E-state index contributed by atoms with van der Waals surface area (Å²) >= 11 is 0. The molecule has 0 saturated heterocycles. The van der Waals surface area contributed by atoms with Crippen molar-refractivity contribution < 1.29 is 0 Å². The lowest BCUT2D eigenvalue weighted by Crippen LogP contribution is -2.38. The summed E-state index contributed by atoms with van der Waals surface area (Å²) in [6.07, 6.45) is 5.14. The Morgan fingerprint density at radius 2 is 1.48 bits per heavy atom. The van der Waals surface area contributed by atoms with Crippen LogP contribution in [0, 0.1) is 5.41 Å². The van der Waals surface area contributed by atoms with E-state index < -0.39 is 0 Å². The van der Waals surface area contributed by atoms with Crippen molar-refractivity contribution in [2.45, 2.75) is 38.6 Å². The molecule has 0 heterocycles. The lowest BCUT2D eigenvalue weighted by molar-refractivity contribution is 0.225. The van der Waals surface area contributed by atoms with E-state index in [9.17, 15) is 0 Å². The van der Waals surface area contributed by atoms with Gasteiger partial charge in [0, 0.05) is 0 Å². The molecular formula is C19H24N2. The molecule has 0 spiro atoms. The molecule has 1 fully saturated rings.